The van der Waals surface area contributed by atoms with Gasteiger partial charge < -0.3 is 20.1 Å². The summed E-state index contributed by atoms with van der Waals surface area (Å²) in [7, 11) is 0. The van der Waals surface area contributed by atoms with Crippen molar-refractivity contribution >= 4 is 18.0 Å². The number of esters is 1. The third-order valence-corrected chi connectivity index (χ3v) is 3.23. The maximum absolute atomic E-state index is 12.1. The molecule has 0 radical (unpaired) electrons. The van der Waals surface area contributed by atoms with Crippen LogP contribution in [0.2, 0.25) is 0 Å². The van der Waals surface area contributed by atoms with Crippen LogP contribution in [0.3, 0.4) is 0 Å². The quantitative estimate of drug-likeness (QED) is 0.709. The summed E-state index contributed by atoms with van der Waals surface area (Å²) in [6.07, 6.45) is 1.73. The Bertz CT molecular complexity index is 372. The van der Waals surface area contributed by atoms with Crippen molar-refractivity contribution in [3.8, 4) is 0 Å². The van der Waals surface area contributed by atoms with Crippen molar-refractivity contribution in [1.29, 1.82) is 0 Å². The Morgan fingerprint density at radius 1 is 1.45 bits per heavy atom. The van der Waals surface area contributed by atoms with E-state index in [2.05, 4.69) is 5.32 Å². The Morgan fingerprint density at radius 2 is 2.15 bits per heavy atom. The minimum atomic E-state index is -0.892. The number of aliphatic carboxylic acids is 1. The van der Waals surface area contributed by atoms with Crippen molar-refractivity contribution < 1.29 is 24.2 Å². The fourth-order valence-corrected chi connectivity index (χ4v) is 2.20. The Hall–Kier alpha value is -1.79. The summed E-state index contributed by atoms with van der Waals surface area (Å²) < 4.78 is 4.95. The lowest BCUT2D eigenvalue weighted by Gasteiger charge is -2.25. The van der Waals surface area contributed by atoms with Crippen LogP contribution >= 0.6 is 0 Å². The summed E-state index contributed by atoms with van der Waals surface area (Å²) in [4.78, 5) is 35.8. The molecule has 1 saturated heterocycles. The second kappa shape index (κ2) is 7.72. The monoisotopic (exact) mass is 286 g/mol. The first-order valence-electron chi connectivity index (χ1n) is 6.91. The van der Waals surface area contributed by atoms with Gasteiger partial charge in [-0.05, 0) is 33.1 Å². The lowest BCUT2D eigenvalue weighted by Crippen LogP contribution is -2.49. The van der Waals surface area contributed by atoms with E-state index in [0.29, 0.717) is 26.0 Å². The summed E-state index contributed by atoms with van der Waals surface area (Å²) in [5, 5.41) is 11.3. The van der Waals surface area contributed by atoms with E-state index in [0.717, 1.165) is 6.42 Å². The highest BCUT2D eigenvalue weighted by Gasteiger charge is 2.35. The molecule has 2 unspecified atom stereocenters. The van der Waals surface area contributed by atoms with Crippen LogP contribution in [0.5, 0.6) is 0 Å². The van der Waals surface area contributed by atoms with Crippen LogP contribution < -0.4 is 5.32 Å². The molecule has 0 aromatic rings. The summed E-state index contributed by atoms with van der Waals surface area (Å²) in [6, 6.07) is -1.11. The van der Waals surface area contributed by atoms with Crippen molar-refractivity contribution in [3.05, 3.63) is 0 Å². The maximum atomic E-state index is 12.1. The molecule has 0 aliphatic carbocycles. The lowest BCUT2D eigenvalue weighted by molar-refractivity contribution is -0.147. The second-order valence-corrected chi connectivity index (χ2v) is 4.89. The normalized spacial score (nSPS) is 19.5. The van der Waals surface area contributed by atoms with Gasteiger partial charge in [-0.25, -0.2) is 9.59 Å². The average molecular weight is 286 g/mol. The van der Waals surface area contributed by atoms with Crippen LogP contribution in [-0.4, -0.2) is 53.2 Å². The molecule has 1 fully saturated rings. The minimum Gasteiger partial charge on any atom is -0.481 e. The predicted molar refractivity (Wildman–Crippen MR) is 71.2 cm³/mol. The first-order chi connectivity index (χ1) is 9.45. The molecule has 0 saturated carbocycles. The molecule has 1 rings (SSSR count). The number of carbonyl (C=O) groups excluding carboxylic acids is 2. The number of urea groups is 1. The van der Waals surface area contributed by atoms with Gasteiger partial charge in [-0.15, -0.1) is 0 Å². The standard InChI is InChI=1S/C13H22N2O5/c1-3-20-12(18)10-5-4-8-15(10)13(19)14-9(2)6-7-11(16)17/h9-10H,3-8H2,1-2H3,(H,14,19)(H,16,17). The van der Waals surface area contributed by atoms with E-state index < -0.39 is 12.0 Å². The van der Waals surface area contributed by atoms with Crippen LogP contribution in [0.4, 0.5) is 4.79 Å². The molecule has 2 amide bonds. The topological polar surface area (TPSA) is 95.9 Å². The van der Waals surface area contributed by atoms with Gasteiger partial charge >= 0.3 is 18.0 Å². The summed E-state index contributed by atoms with van der Waals surface area (Å²) in [5.41, 5.74) is 0. The molecule has 1 heterocycles. The van der Waals surface area contributed by atoms with Gasteiger partial charge in [-0.2, -0.15) is 0 Å². The van der Waals surface area contributed by atoms with Crippen molar-refractivity contribution in [2.45, 2.75) is 51.6 Å². The lowest BCUT2D eigenvalue weighted by atomic mass is 10.2. The third-order valence-electron chi connectivity index (χ3n) is 3.23. The van der Waals surface area contributed by atoms with Crippen LogP contribution in [0.25, 0.3) is 0 Å². The Kier molecular flexibility index (Phi) is 6.27. The zero-order valence-corrected chi connectivity index (χ0v) is 11.9. The fraction of sp³-hybridized carbons (Fsp3) is 0.769. The number of nitrogens with zero attached hydrogens (tertiary/aromatic N) is 1. The maximum Gasteiger partial charge on any atom is 0.328 e. The molecule has 7 nitrogen and oxygen atoms in total. The molecule has 1 aliphatic heterocycles. The Morgan fingerprint density at radius 3 is 2.75 bits per heavy atom. The number of likely N-dealkylation sites (tertiary alicyclic amines) is 1. The van der Waals surface area contributed by atoms with Crippen LogP contribution in [-0.2, 0) is 14.3 Å². The molecule has 1 aliphatic rings. The van der Waals surface area contributed by atoms with Crippen molar-refractivity contribution in [2.75, 3.05) is 13.2 Å². The van der Waals surface area contributed by atoms with Crippen LogP contribution in [0, 0.1) is 0 Å². The van der Waals surface area contributed by atoms with E-state index in [1.165, 1.54) is 4.90 Å². The number of amides is 2. The number of ether oxygens (including phenoxy) is 1. The average Bonchev–Trinajstić information content (AvgIpc) is 2.86. The highest BCUT2D eigenvalue weighted by atomic mass is 16.5. The SMILES string of the molecule is CCOC(=O)C1CCCN1C(=O)NC(C)CCC(=O)O. The van der Waals surface area contributed by atoms with E-state index in [-0.39, 0.29) is 24.5 Å². The number of carbonyl (C=O) groups is 3. The van der Waals surface area contributed by atoms with Gasteiger partial charge in [-0.1, -0.05) is 0 Å². The molecule has 0 aromatic carbocycles. The summed E-state index contributed by atoms with van der Waals surface area (Å²) in [5.74, 6) is -1.27. The van der Waals surface area contributed by atoms with Gasteiger partial charge in [0.05, 0.1) is 6.61 Å². The molecular weight excluding hydrogens is 264 g/mol. The zero-order chi connectivity index (χ0) is 15.1. The van der Waals surface area contributed by atoms with Gasteiger partial charge in [0.15, 0.2) is 0 Å². The number of nitrogens with one attached hydrogen (secondary N) is 1. The highest BCUT2D eigenvalue weighted by Crippen LogP contribution is 2.18. The van der Waals surface area contributed by atoms with E-state index in [4.69, 9.17) is 9.84 Å². The Labute approximate surface area is 118 Å². The third kappa shape index (κ3) is 4.71. The van der Waals surface area contributed by atoms with Crippen molar-refractivity contribution in [3.63, 3.8) is 0 Å². The molecule has 0 aromatic heterocycles. The van der Waals surface area contributed by atoms with Gasteiger partial charge in [0, 0.05) is 19.0 Å². The smallest absolute Gasteiger partial charge is 0.328 e. The van der Waals surface area contributed by atoms with E-state index in [1.54, 1.807) is 13.8 Å². The molecule has 2 N–H and O–H groups in total. The first-order valence-corrected chi connectivity index (χ1v) is 6.91. The fourth-order valence-electron chi connectivity index (χ4n) is 2.20. The zero-order valence-electron chi connectivity index (χ0n) is 11.9. The minimum absolute atomic E-state index is 0.00273. The molecular formula is C13H22N2O5. The first kappa shape index (κ1) is 16.3. The van der Waals surface area contributed by atoms with Gasteiger partial charge in [-0.3, -0.25) is 4.79 Å². The summed E-state index contributed by atoms with van der Waals surface area (Å²) >= 11 is 0. The van der Waals surface area contributed by atoms with E-state index in [1.807, 2.05) is 0 Å². The van der Waals surface area contributed by atoms with Crippen molar-refractivity contribution in [2.24, 2.45) is 0 Å². The van der Waals surface area contributed by atoms with E-state index >= 15 is 0 Å². The highest BCUT2D eigenvalue weighted by molar-refractivity contribution is 5.84. The molecule has 114 valence electrons. The molecule has 0 bridgehead atoms. The van der Waals surface area contributed by atoms with Gasteiger partial charge in [0.1, 0.15) is 6.04 Å². The Balaban J connectivity index is 2.48. The van der Waals surface area contributed by atoms with Crippen LogP contribution in [0.1, 0.15) is 39.5 Å². The van der Waals surface area contributed by atoms with E-state index in [9.17, 15) is 14.4 Å². The number of carboxylic acids is 1. The number of rotatable bonds is 6. The number of carboxylic acid groups (broad SMARTS) is 1. The molecule has 0 spiro atoms. The van der Waals surface area contributed by atoms with Crippen molar-refractivity contribution in [1.82, 2.24) is 10.2 Å². The van der Waals surface area contributed by atoms with Gasteiger partial charge in [0.25, 0.3) is 0 Å². The molecule has 20 heavy (non-hydrogen) atoms. The predicted octanol–water partition coefficient (Wildman–Crippen LogP) is 0.977. The number of hydrogen-bond donors (Lipinski definition) is 2. The van der Waals surface area contributed by atoms with Gasteiger partial charge in [0.2, 0.25) is 0 Å². The molecule has 2 atom stereocenters. The second-order valence-electron chi connectivity index (χ2n) is 4.89. The largest absolute Gasteiger partial charge is 0.481 e. The number of hydrogen-bond acceptors (Lipinski definition) is 4. The van der Waals surface area contributed by atoms with Crippen LogP contribution in [0.15, 0.2) is 0 Å². The molecule has 7 heteroatoms. The summed E-state index contributed by atoms with van der Waals surface area (Å²) in [6.45, 7) is 4.28.